The molecule has 1 fully saturated rings. The summed E-state index contributed by atoms with van der Waals surface area (Å²) in [6.07, 6.45) is 2.80. The zero-order chi connectivity index (χ0) is 20.3. The number of alkyl halides is 2. The van der Waals surface area contributed by atoms with Crippen molar-refractivity contribution in [2.24, 2.45) is 0 Å². The summed E-state index contributed by atoms with van der Waals surface area (Å²) in [5.41, 5.74) is 1.83. The molecule has 2 heterocycles. The molecule has 2 atom stereocenters. The molecule has 0 aliphatic carbocycles. The van der Waals surface area contributed by atoms with Gasteiger partial charge in [-0.2, -0.15) is 8.78 Å². The Hall–Kier alpha value is -2.06. The molecule has 1 unspecified atom stereocenters. The number of nitrogens with zero attached hydrogens (tertiary/aromatic N) is 3. The molecule has 0 saturated carbocycles. The Morgan fingerprint density at radius 2 is 2.14 bits per heavy atom. The van der Waals surface area contributed by atoms with Crippen molar-refractivity contribution in [3.63, 3.8) is 0 Å². The topological polar surface area (TPSA) is 56.6 Å². The van der Waals surface area contributed by atoms with Gasteiger partial charge in [-0.3, -0.25) is 4.90 Å². The zero-order valence-electron chi connectivity index (χ0n) is 16.5. The van der Waals surface area contributed by atoms with Crippen molar-refractivity contribution in [1.82, 2.24) is 14.5 Å². The molecule has 0 spiro atoms. The van der Waals surface area contributed by atoms with Crippen LogP contribution in [0.2, 0.25) is 0 Å². The van der Waals surface area contributed by atoms with E-state index in [1.807, 2.05) is 4.57 Å². The summed E-state index contributed by atoms with van der Waals surface area (Å²) in [5.74, 6) is 0.341. The van der Waals surface area contributed by atoms with Gasteiger partial charge in [-0.25, -0.2) is 9.78 Å². The Morgan fingerprint density at radius 1 is 1.36 bits per heavy atom. The van der Waals surface area contributed by atoms with E-state index in [4.69, 9.17) is 9.72 Å². The Morgan fingerprint density at radius 3 is 2.82 bits per heavy atom. The van der Waals surface area contributed by atoms with Crippen LogP contribution >= 0.6 is 0 Å². The van der Waals surface area contributed by atoms with Crippen molar-refractivity contribution < 1.29 is 23.0 Å². The molecule has 28 heavy (non-hydrogen) atoms. The highest BCUT2D eigenvalue weighted by Crippen LogP contribution is 2.24. The number of ether oxygens (including phenoxy) is 2. The first-order valence-corrected chi connectivity index (χ1v) is 9.64. The number of fused-ring (bicyclic) bond motifs is 1. The minimum absolute atomic E-state index is 0.225. The molecule has 6 nitrogen and oxygen atoms in total. The first kappa shape index (κ1) is 20.7. The minimum Gasteiger partial charge on any atom is -0.465 e. The smallest absolute Gasteiger partial charge is 0.345 e. The fourth-order valence-electron chi connectivity index (χ4n) is 3.79. The molecule has 2 aromatic rings. The lowest BCUT2D eigenvalue weighted by Crippen LogP contribution is -2.37. The number of rotatable bonds is 7. The van der Waals surface area contributed by atoms with Crippen molar-refractivity contribution in [3.05, 3.63) is 29.6 Å². The van der Waals surface area contributed by atoms with E-state index in [9.17, 15) is 13.6 Å². The van der Waals surface area contributed by atoms with Crippen molar-refractivity contribution >= 4 is 17.0 Å². The summed E-state index contributed by atoms with van der Waals surface area (Å²) in [6.45, 7) is 2.81. The summed E-state index contributed by atoms with van der Waals surface area (Å²) >= 11 is 0. The number of hydrogen-bond donors (Lipinski definition) is 0. The van der Waals surface area contributed by atoms with Gasteiger partial charge < -0.3 is 14.0 Å². The predicted molar refractivity (Wildman–Crippen MR) is 101 cm³/mol. The first-order chi connectivity index (χ1) is 13.4. The summed E-state index contributed by atoms with van der Waals surface area (Å²) in [5, 5.41) is 0. The number of halogens is 2. The Labute approximate surface area is 163 Å². The lowest BCUT2D eigenvalue weighted by molar-refractivity contribution is -0.160. The van der Waals surface area contributed by atoms with Gasteiger partial charge in [0.15, 0.2) is 0 Å². The average molecular weight is 395 g/mol. The molecule has 0 radical (unpaired) electrons. The number of esters is 1. The van der Waals surface area contributed by atoms with Crippen LogP contribution in [-0.2, 0) is 22.6 Å². The van der Waals surface area contributed by atoms with Crippen LogP contribution in [0.4, 0.5) is 8.78 Å². The highest BCUT2D eigenvalue weighted by molar-refractivity contribution is 5.93. The molecule has 1 saturated heterocycles. The number of methoxy groups -OCH3 is 1. The Kier molecular flexibility index (Phi) is 6.61. The number of carbonyl (C=O) groups excluding carboxylic acids is 1. The zero-order valence-corrected chi connectivity index (χ0v) is 16.5. The number of imidazole rings is 1. The second-order valence-corrected chi connectivity index (χ2v) is 7.36. The van der Waals surface area contributed by atoms with Crippen LogP contribution < -0.4 is 0 Å². The molecule has 0 bridgehead atoms. The molecule has 3 rings (SSSR count). The summed E-state index contributed by atoms with van der Waals surface area (Å²) in [7, 11) is 1.32. The molecule has 1 aliphatic heterocycles. The second kappa shape index (κ2) is 8.96. The average Bonchev–Trinajstić information content (AvgIpc) is 2.98. The van der Waals surface area contributed by atoms with Crippen molar-refractivity contribution in [2.45, 2.75) is 65.0 Å². The van der Waals surface area contributed by atoms with E-state index >= 15 is 0 Å². The molecular weight excluding hydrogens is 368 g/mol. The van der Waals surface area contributed by atoms with Gasteiger partial charge in [-0.15, -0.1) is 0 Å². The molecule has 154 valence electrons. The van der Waals surface area contributed by atoms with E-state index in [0.717, 1.165) is 30.7 Å². The van der Waals surface area contributed by atoms with Crippen LogP contribution in [-0.4, -0.2) is 52.8 Å². The van der Waals surface area contributed by atoms with Crippen molar-refractivity contribution in [2.75, 3.05) is 13.7 Å². The quantitative estimate of drug-likeness (QED) is 0.667. The van der Waals surface area contributed by atoms with Crippen LogP contribution in [0.25, 0.3) is 11.0 Å². The van der Waals surface area contributed by atoms with Crippen molar-refractivity contribution in [1.29, 1.82) is 0 Å². The predicted octanol–water partition coefficient (Wildman–Crippen LogP) is 3.83. The Balaban J connectivity index is 1.97. The standard InChI is InChI=1S/C20H27F2N3O3/c1-13-6-4-5-9-24(13)12-18-23-16-8-7-15(19(26)27-3)10-17(16)25(18)11-14(2)28-20(21)22/h7-8,10,13-14,20H,4-6,9,11-12H2,1-3H3/t13-,14?/m0/s1. The van der Waals surface area contributed by atoms with E-state index in [1.165, 1.54) is 13.5 Å². The maximum atomic E-state index is 12.7. The second-order valence-electron chi connectivity index (χ2n) is 7.36. The molecule has 1 aromatic heterocycles. The summed E-state index contributed by atoms with van der Waals surface area (Å²) in [4.78, 5) is 19.0. The normalized spacial score (nSPS) is 19.3. The van der Waals surface area contributed by atoms with Crippen LogP contribution in [0.3, 0.4) is 0 Å². The third-order valence-corrected chi connectivity index (χ3v) is 5.31. The lowest BCUT2D eigenvalue weighted by Gasteiger charge is -2.33. The van der Waals surface area contributed by atoms with Gasteiger partial charge in [-0.05, 0) is 51.4 Å². The van der Waals surface area contributed by atoms with E-state index in [2.05, 4.69) is 16.6 Å². The van der Waals surface area contributed by atoms with E-state index in [1.54, 1.807) is 25.1 Å². The minimum atomic E-state index is -2.83. The highest BCUT2D eigenvalue weighted by Gasteiger charge is 2.23. The number of aromatic nitrogens is 2. The van der Waals surface area contributed by atoms with Gasteiger partial charge in [0.05, 0.1) is 42.9 Å². The monoisotopic (exact) mass is 395 g/mol. The van der Waals surface area contributed by atoms with E-state index in [-0.39, 0.29) is 6.54 Å². The number of piperidine rings is 1. The molecule has 0 amide bonds. The van der Waals surface area contributed by atoms with Crippen molar-refractivity contribution in [3.8, 4) is 0 Å². The summed E-state index contributed by atoms with van der Waals surface area (Å²) < 4.78 is 36.6. The van der Waals surface area contributed by atoms with Crippen LogP contribution in [0, 0.1) is 0 Å². The van der Waals surface area contributed by atoms with Gasteiger partial charge in [0.25, 0.3) is 0 Å². The lowest BCUT2D eigenvalue weighted by atomic mass is 10.0. The first-order valence-electron chi connectivity index (χ1n) is 9.64. The molecule has 0 N–H and O–H groups in total. The fourth-order valence-corrected chi connectivity index (χ4v) is 3.79. The van der Waals surface area contributed by atoms with E-state index < -0.39 is 18.7 Å². The molecule has 8 heteroatoms. The van der Waals surface area contributed by atoms with Gasteiger partial charge in [-0.1, -0.05) is 6.42 Å². The third-order valence-electron chi connectivity index (χ3n) is 5.31. The van der Waals surface area contributed by atoms with Crippen LogP contribution in [0.15, 0.2) is 18.2 Å². The van der Waals surface area contributed by atoms with E-state index in [0.29, 0.717) is 23.7 Å². The van der Waals surface area contributed by atoms with Gasteiger partial charge in [0.1, 0.15) is 5.82 Å². The third kappa shape index (κ3) is 4.67. The molecular formula is C20H27F2N3O3. The number of carbonyl (C=O) groups is 1. The maximum absolute atomic E-state index is 12.7. The van der Waals surface area contributed by atoms with Gasteiger partial charge in [0.2, 0.25) is 0 Å². The van der Waals surface area contributed by atoms with Gasteiger partial charge in [0, 0.05) is 6.04 Å². The number of likely N-dealkylation sites (tertiary alicyclic amines) is 1. The fraction of sp³-hybridized carbons (Fsp3) is 0.600. The molecule has 1 aliphatic rings. The SMILES string of the molecule is COC(=O)c1ccc2nc(CN3CCCC[C@@H]3C)n(CC(C)OC(F)F)c2c1. The molecule has 1 aromatic carbocycles. The van der Waals surface area contributed by atoms with Crippen LogP contribution in [0.5, 0.6) is 0 Å². The largest absolute Gasteiger partial charge is 0.465 e. The van der Waals surface area contributed by atoms with Crippen LogP contribution in [0.1, 0.15) is 49.3 Å². The highest BCUT2D eigenvalue weighted by atomic mass is 19.3. The van der Waals surface area contributed by atoms with Gasteiger partial charge >= 0.3 is 12.6 Å². The maximum Gasteiger partial charge on any atom is 0.345 e. The Bertz CT molecular complexity index is 824. The number of hydrogen-bond acceptors (Lipinski definition) is 5. The summed E-state index contributed by atoms with van der Waals surface area (Å²) in [6, 6.07) is 5.58. The number of benzene rings is 1.